The molecule has 6 aromatic rings. The molecule has 0 N–H and O–H groups in total. The summed E-state index contributed by atoms with van der Waals surface area (Å²) in [5, 5.41) is 15.4. The number of benzene rings is 6. The molecule has 0 saturated carbocycles. The SMILES string of the molecule is N#Cc1cccc(C(=O)c2ccccc2)c1N1c2ccccc2[Si](c2ccccc2)(c2ccccc2)c2ccccc21. The first-order valence-corrected chi connectivity index (χ1v) is 16.0. The van der Waals surface area contributed by atoms with Gasteiger partial charge in [-0.25, -0.2) is 0 Å². The Morgan fingerprint density at radius 3 is 1.55 bits per heavy atom. The lowest BCUT2D eigenvalue weighted by Gasteiger charge is -2.45. The van der Waals surface area contributed by atoms with Crippen molar-refractivity contribution in [1.82, 2.24) is 0 Å². The summed E-state index contributed by atoms with van der Waals surface area (Å²) in [6, 6.07) is 55.7. The summed E-state index contributed by atoms with van der Waals surface area (Å²) >= 11 is 0. The average Bonchev–Trinajstić information content (AvgIpc) is 3.08. The first-order chi connectivity index (χ1) is 20.7. The Morgan fingerprint density at radius 2 is 1.02 bits per heavy atom. The van der Waals surface area contributed by atoms with Crippen LogP contribution in [0.25, 0.3) is 0 Å². The third kappa shape index (κ3) is 3.83. The van der Waals surface area contributed by atoms with Gasteiger partial charge in [0.25, 0.3) is 0 Å². The molecule has 6 aromatic carbocycles. The largest absolute Gasteiger partial charge is 0.309 e. The molecule has 0 saturated heterocycles. The van der Waals surface area contributed by atoms with Gasteiger partial charge < -0.3 is 4.90 Å². The number of carbonyl (C=O) groups is 1. The van der Waals surface area contributed by atoms with Crippen molar-refractivity contribution in [2.75, 3.05) is 4.90 Å². The molecule has 0 bridgehead atoms. The molecule has 1 aliphatic rings. The van der Waals surface area contributed by atoms with Gasteiger partial charge in [0.1, 0.15) is 6.07 Å². The zero-order valence-electron chi connectivity index (χ0n) is 22.8. The summed E-state index contributed by atoms with van der Waals surface area (Å²) < 4.78 is 0. The lowest BCUT2D eigenvalue weighted by atomic mass is 9.97. The monoisotopic (exact) mass is 554 g/mol. The Morgan fingerprint density at radius 1 is 0.548 bits per heavy atom. The first-order valence-electron chi connectivity index (χ1n) is 14.0. The highest BCUT2D eigenvalue weighted by Crippen LogP contribution is 2.42. The van der Waals surface area contributed by atoms with Crippen molar-refractivity contribution in [3.05, 3.63) is 174 Å². The van der Waals surface area contributed by atoms with Crippen LogP contribution in [0, 0.1) is 11.3 Å². The van der Waals surface area contributed by atoms with E-state index in [0.29, 0.717) is 22.4 Å². The van der Waals surface area contributed by atoms with E-state index >= 15 is 0 Å². The van der Waals surface area contributed by atoms with E-state index in [4.69, 9.17) is 0 Å². The molecule has 0 amide bonds. The molecule has 0 spiro atoms. The highest BCUT2D eigenvalue weighted by Gasteiger charge is 2.49. The van der Waals surface area contributed by atoms with E-state index in [0.717, 1.165) is 11.4 Å². The molecule has 4 heteroatoms. The highest BCUT2D eigenvalue weighted by molar-refractivity contribution is 7.21. The van der Waals surface area contributed by atoms with Gasteiger partial charge in [-0.2, -0.15) is 5.26 Å². The zero-order chi connectivity index (χ0) is 28.5. The molecular formula is C38H26N2OSi. The highest BCUT2D eigenvalue weighted by atomic mass is 28.3. The molecule has 0 radical (unpaired) electrons. The van der Waals surface area contributed by atoms with Crippen molar-refractivity contribution in [2.45, 2.75) is 0 Å². The number of fused-ring (bicyclic) bond motifs is 2. The van der Waals surface area contributed by atoms with Gasteiger partial charge in [-0.3, -0.25) is 4.79 Å². The molecule has 0 atom stereocenters. The fourth-order valence-corrected chi connectivity index (χ4v) is 11.6. The molecule has 0 aromatic heterocycles. The molecule has 1 heterocycles. The van der Waals surface area contributed by atoms with E-state index in [9.17, 15) is 10.1 Å². The predicted octanol–water partition coefficient (Wildman–Crippen LogP) is 5.95. The van der Waals surface area contributed by atoms with E-state index in [1.54, 1.807) is 12.1 Å². The van der Waals surface area contributed by atoms with Crippen LogP contribution in [0.4, 0.5) is 17.1 Å². The number of nitrogens with zero attached hydrogens (tertiary/aromatic N) is 2. The number of rotatable bonds is 5. The topological polar surface area (TPSA) is 44.1 Å². The van der Waals surface area contributed by atoms with Gasteiger partial charge in [0.15, 0.2) is 13.9 Å². The minimum Gasteiger partial charge on any atom is -0.309 e. The zero-order valence-corrected chi connectivity index (χ0v) is 23.8. The second-order valence-corrected chi connectivity index (χ2v) is 14.1. The summed E-state index contributed by atoms with van der Waals surface area (Å²) in [5.41, 5.74) is 4.12. The maximum absolute atomic E-state index is 14.0. The normalized spacial score (nSPS) is 13.0. The number of hydrogen-bond acceptors (Lipinski definition) is 3. The number of ketones is 1. The van der Waals surface area contributed by atoms with Crippen molar-refractivity contribution < 1.29 is 4.79 Å². The maximum Gasteiger partial charge on any atom is 0.195 e. The fraction of sp³-hybridized carbons (Fsp3) is 0. The number of nitriles is 1. The Bertz CT molecular complexity index is 1880. The summed E-state index contributed by atoms with van der Waals surface area (Å²) in [7, 11) is -2.80. The lowest BCUT2D eigenvalue weighted by Crippen LogP contribution is -2.77. The quantitative estimate of drug-likeness (QED) is 0.195. The van der Waals surface area contributed by atoms with E-state index in [1.165, 1.54) is 20.7 Å². The van der Waals surface area contributed by atoms with Gasteiger partial charge in [-0.05, 0) is 45.0 Å². The first kappa shape index (κ1) is 25.5. The second-order valence-electron chi connectivity index (χ2n) is 10.4. The summed E-state index contributed by atoms with van der Waals surface area (Å²) in [6.45, 7) is 0. The van der Waals surface area contributed by atoms with Gasteiger partial charge in [-0.15, -0.1) is 0 Å². The van der Waals surface area contributed by atoms with Crippen LogP contribution in [0.5, 0.6) is 0 Å². The van der Waals surface area contributed by atoms with Crippen LogP contribution in [0.3, 0.4) is 0 Å². The van der Waals surface area contributed by atoms with Crippen LogP contribution < -0.4 is 25.6 Å². The van der Waals surface area contributed by atoms with Crippen LogP contribution in [-0.4, -0.2) is 13.9 Å². The van der Waals surface area contributed by atoms with Crippen LogP contribution in [0.15, 0.2) is 158 Å². The smallest absolute Gasteiger partial charge is 0.195 e. The Hall–Kier alpha value is -5.50. The van der Waals surface area contributed by atoms with Crippen LogP contribution in [0.2, 0.25) is 0 Å². The van der Waals surface area contributed by atoms with E-state index in [2.05, 4.69) is 108 Å². The fourth-order valence-electron chi connectivity index (χ4n) is 6.46. The number of hydrogen-bond donors (Lipinski definition) is 0. The molecule has 0 aliphatic carbocycles. The van der Waals surface area contributed by atoms with Crippen molar-refractivity contribution in [1.29, 1.82) is 5.26 Å². The van der Waals surface area contributed by atoms with Crippen LogP contribution >= 0.6 is 0 Å². The number of para-hydroxylation sites is 3. The molecule has 42 heavy (non-hydrogen) atoms. The molecule has 0 unspecified atom stereocenters. The minimum absolute atomic E-state index is 0.113. The van der Waals surface area contributed by atoms with Crippen molar-refractivity contribution in [2.24, 2.45) is 0 Å². The van der Waals surface area contributed by atoms with Crippen molar-refractivity contribution in [3.63, 3.8) is 0 Å². The predicted molar refractivity (Wildman–Crippen MR) is 173 cm³/mol. The van der Waals surface area contributed by atoms with E-state index in [1.807, 2.05) is 48.5 Å². The Kier molecular flexibility index (Phi) is 6.35. The maximum atomic E-state index is 14.0. The van der Waals surface area contributed by atoms with Crippen molar-refractivity contribution >= 4 is 51.7 Å². The number of anilines is 3. The molecule has 3 nitrogen and oxygen atoms in total. The van der Waals surface area contributed by atoms with E-state index < -0.39 is 8.07 Å². The standard InChI is InChI=1S/C38H26N2OSi/c39-27-29-17-14-22-32(38(41)28-15-4-1-5-16-28)37(29)40-33-23-10-12-25-35(33)42(30-18-6-2-7-19-30,31-20-8-3-9-21-31)36-26-13-11-24-34(36)40/h1-26H. The third-order valence-electron chi connectivity index (χ3n) is 8.17. The minimum atomic E-state index is -2.80. The van der Waals surface area contributed by atoms with Crippen LogP contribution in [0.1, 0.15) is 21.5 Å². The van der Waals surface area contributed by atoms with Gasteiger partial charge in [0.2, 0.25) is 0 Å². The molecule has 198 valence electrons. The summed E-state index contributed by atoms with van der Waals surface area (Å²) in [5.74, 6) is -0.113. The summed E-state index contributed by atoms with van der Waals surface area (Å²) in [6.07, 6.45) is 0. The second kappa shape index (κ2) is 10.5. The van der Waals surface area contributed by atoms with Crippen molar-refractivity contribution in [3.8, 4) is 6.07 Å². The number of carbonyl (C=O) groups excluding carboxylic acids is 1. The lowest BCUT2D eigenvalue weighted by molar-refractivity contribution is 0.103. The summed E-state index contributed by atoms with van der Waals surface area (Å²) in [4.78, 5) is 16.2. The van der Waals surface area contributed by atoms with Gasteiger partial charge in [-0.1, -0.05) is 133 Å². The molecule has 1 aliphatic heterocycles. The molecular weight excluding hydrogens is 529 g/mol. The van der Waals surface area contributed by atoms with Gasteiger partial charge in [0.05, 0.1) is 11.3 Å². The van der Waals surface area contributed by atoms with E-state index in [-0.39, 0.29) is 5.78 Å². The average molecular weight is 555 g/mol. The Balaban J connectivity index is 1.60. The molecule has 0 fully saturated rings. The Labute approximate surface area is 246 Å². The van der Waals surface area contributed by atoms with Crippen LogP contribution in [-0.2, 0) is 0 Å². The van der Waals surface area contributed by atoms with Gasteiger partial charge in [0, 0.05) is 22.5 Å². The molecule has 7 rings (SSSR count). The third-order valence-corrected chi connectivity index (χ3v) is 13.0. The van der Waals surface area contributed by atoms with Gasteiger partial charge >= 0.3 is 0 Å².